The van der Waals surface area contributed by atoms with Crippen molar-refractivity contribution in [2.45, 2.75) is 6.61 Å². The Kier molecular flexibility index (Phi) is 7.91. The van der Waals surface area contributed by atoms with Gasteiger partial charge in [0.1, 0.15) is 18.2 Å². The number of nitrogens with zero attached hydrogens (tertiary/aromatic N) is 1. The first-order valence-electron chi connectivity index (χ1n) is 7.92. The van der Waals surface area contributed by atoms with Crippen molar-refractivity contribution in [1.82, 2.24) is 5.32 Å². The van der Waals surface area contributed by atoms with Gasteiger partial charge in [0.2, 0.25) is 0 Å². The molecule has 0 aromatic heterocycles. The Labute approximate surface area is 185 Å². The van der Waals surface area contributed by atoms with Gasteiger partial charge in [0.25, 0.3) is 5.91 Å². The van der Waals surface area contributed by atoms with E-state index in [0.29, 0.717) is 31.6 Å². The van der Waals surface area contributed by atoms with E-state index in [9.17, 15) is 14.9 Å². The van der Waals surface area contributed by atoms with Crippen LogP contribution in [0.1, 0.15) is 11.1 Å². The number of methoxy groups -OCH3 is 1. The number of urea groups is 1. The Morgan fingerprint density at radius 1 is 1.28 bits per heavy atom. The van der Waals surface area contributed by atoms with Crippen LogP contribution in [0.25, 0.3) is 6.08 Å². The van der Waals surface area contributed by atoms with Gasteiger partial charge in [-0.05, 0) is 35.9 Å². The quantitative estimate of drug-likeness (QED) is 0.451. The number of halogens is 3. The lowest BCUT2D eigenvalue weighted by Crippen LogP contribution is -2.35. The predicted octanol–water partition coefficient (Wildman–Crippen LogP) is 4.45. The van der Waals surface area contributed by atoms with Crippen LogP contribution in [0, 0.1) is 11.3 Å². The zero-order valence-electron chi connectivity index (χ0n) is 15.0. The lowest BCUT2D eigenvalue weighted by atomic mass is 10.1. The van der Waals surface area contributed by atoms with Crippen LogP contribution < -0.4 is 20.5 Å². The lowest BCUT2D eigenvalue weighted by Gasteiger charge is -2.14. The van der Waals surface area contributed by atoms with E-state index in [0.717, 1.165) is 5.56 Å². The molecule has 0 radical (unpaired) electrons. The summed E-state index contributed by atoms with van der Waals surface area (Å²) in [6.07, 6.45) is 1.28. The molecule has 2 aromatic rings. The zero-order chi connectivity index (χ0) is 21.6. The summed E-state index contributed by atoms with van der Waals surface area (Å²) >= 11 is 15.4. The summed E-state index contributed by atoms with van der Waals surface area (Å²) in [5.41, 5.74) is 5.78. The minimum absolute atomic E-state index is 0.165. The van der Waals surface area contributed by atoms with Crippen molar-refractivity contribution in [2.75, 3.05) is 7.11 Å². The van der Waals surface area contributed by atoms with E-state index in [1.54, 1.807) is 36.4 Å². The largest absolute Gasteiger partial charge is 0.493 e. The topological polar surface area (TPSA) is 114 Å². The number of hydrogen-bond donors (Lipinski definition) is 2. The van der Waals surface area contributed by atoms with E-state index in [-0.39, 0.29) is 12.2 Å². The van der Waals surface area contributed by atoms with E-state index in [4.69, 9.17) is 38.4 Å². The molecule has 0 saturated heterocycles. The van der Waals surface area contributed by atoms with E-state index in [2.05, 4.69) is 15.9 Å². The molecule has 2 aromatic carbocycles. The highest BCUT2D eigenvalue weighted by Crippen LogP contribution is 2.35. The van der Waals surface area contributed by atoms with Gasteiger partial charge in [-0.2, -0.15) is 5.26 Å². The zero-order valence-corrected chi connectivity index (χ0v) is 18.1. The van der Waals surface area contributed by atoms with Gasteiger partial charge in [-0.3, -0.25) is 10.1 Å². The fourth-order valence-electron chi connectivity index (χ4n) is 2.21. The van der Waals surface area contributed by atoms with Crippen LogP contribution in [-0.2, 0) is 11.4 Å². The minimum atomic E-state index is -1.06. The molecule has 10 heteroatoms. The van der Waals surface area contributed by atoms with Crippen LogP contribution in [0.4, 0.5) is 4.79 Å². The van der Waals surface area contributed by atoms with Gasteiger partial charge in [-0.1, -0.05) is 45.2 Å². The van der Waals surface area contributed by atoms with Gasteiger partial charge in [-0.15, -0.1) is 0 Å². The number of nitrogens with two attached hydrogens (primary N) is 1. The normalized spacial score (nSPS) is 10.8. The molecule has 0 saturated carbocycles. The molecule has 0 aliphatic carbocycles. The third-order valence-electron chi connectivity index (χ3n) is 3.58. The number of ether oxygens (including phenoxy) is 2. The summed E-state index contributed by atoms with van der Waals surface area (Å²) in [6, 6.07) is 8.91. The monoisotopic (exact) mass is 497 g/mol. The summed E-state index contributed by atoms with van der Waals surface area (Å²) in [5.74, 6) is -0.150. The molecule has 29 heavy (non-hydrogen) atoms. The summed E-state index contributed by atoms with van der Waals surface area (Å²) in [7, 11) is 1.45. The van der Waals surface area contributed by atoms with E-state index in [1.165, 1.54) is 13.2 Å². The molecule has 0 aliphatic heterocycles. The lowest BCUT2D eigenvalue weighted by molar-refractivity contribution is -0.115. The second-order valence-electron chi connectivity index (χ2n) is 5.54. The van der Waals surface area contributed by atoms with E-state index < -0.39 is 11.9 Å². The number of primary amides is 1. The SMILES string of the molecule is COc1cc(/C=C(/C#N)C(=O)NC(N)=O)c(Br)cc1OCc1ccc(Cl)cc1Cl. The number of rotatable bonds is 6. The highest BCUT2D eigenvalue weighted by atomic mass is 79.9. The Hall–Kier alpha value is -2.73. The van der Waals surface area contributed by atoms with Crippen molar-refractivity contribution >= 4 is 57.1 Å². The maximum Gasteiger partial charge on any atom is 0.319 e. The molecule has 0 heterocycles. The average Bonchev–Trinajstić information content (AvgIpc) is 2.65. The second-order valence-corrected chi connectivity index (χ2v) is 7.24. The van der Waals surface area contributed by atoms with Crippen LogP contribution in [0.3, 0.4) is 0 Å². The maximum absolute atomic E-state index is 11.8. The summed E-state index contributed by atoms with van der Waals surface area (Å²) in [4.78, 5) is 22.7. The van der Waals surface area contributed by atoms with Crippen molar-refractivity contribution in [1.29, 1.82) is 5.26 Å². The molecular formula is C19H14BrCl2N3O4. The third-order valence-corrected chi connectivity index (χ3v) is 4.86. The Bertz CT molecular complexity index is 1030. The molecule has 0 fully saturated rings. The molecule has 0 aliphatic rings. The number of benzene rings is 2. The van der Waals surface area contributed by atoms with E-state index in [1.807, 2.05) is 5.32 Å². The minimum Gasteiger partial charge on any atom is -0.493 e. The average molecular weight is 499 g/mol. The highest BCUT2D eigenvalue weighted by molar-refractivity contribution is 9.10. The molecule has 3 N–H and O–H groups in total. The van der Waals surface area contributed by atoms with Crippen LogP contribution >= 0.6 is 39.1 Å². The summed E-state index contributed by atoms with van der Waals surface area (Å²) in [6.45, 7) is 0.165. The number of nitriles is 1. The Balaban J connectivity index is 2.30. The molecule has 2 rings (SSSR count). The van der Waals surface area contributed by atoms with Gasteiger partial charge >= 0.3 is 6.03 Å². The molecule has 7 nitrogen and oxygen atoms in total. The molecule has 3 amide bonds. The standard InChI is InChI=1S/C19H14BrCl2N3O4/c1-28-16-5-11(4-12(8-23)18(26)25-19(24)27)14(20)7-17(16)29-9-10-2-3-13(21)6-15(10)22/h2-7H,9H2,1H3,(H3,24,25,26,27)/b12-4-. The Morgan fingerprint density at radius 3 is 2.59 bits per heavy atom. The fourth-order valence-corrected chi connectivity index (χ4v) is 3.11. The van der Waals surface area contributed by atoms with Gasteiger partial charge in [0.15, 0.2) is 11.5 Å². The summed E-state index contributed by atoms with van der Waals surface area (Å²) < 4.78 is 11.6. The van der Waals surface area contributed by atoms with Crippen molar-refractivity contribution in [3.63, 3.8) is 0 Å². The number of nitrogens with one attached hydrogen (secondary N) is 1. The predicted molar refractivity (Wildman–Crippen MR) is 113 cm³/mol. The molecule has 150 valence electrons. The fraction of sp³-hybridized carbons (Fsp3) is 0.105. The number of carbonyl (C=O) groups excluding carboxylic acids is 2. The third kappa shape index (κ3) is 6.12. The van der Waals surface area contributed by atoms with Gasteiger partial charge in [0, 0.05) is 20.1 Å². The molecule has 0 unspecified atom stereocenters. The number of amides is 3. The van der Waals surface area contributed by atoms with Crippen LogP contribution in [0.5, 0.6) is 11.5 Å². The maximum atomic E-state index is 11.8. The second kappa shape index (κ2) is 10.2. The van der Waals surface area contributed by atoms with Crippen LogP contribution in [-0.4, -0.2) is 19.0 Å². The first kappa shape index (κ1) is 22.6. The first-order valence-corrected chi connectivity index (χ1v) is 9.47. The highest BCUT2D eigenvalue weighted by Gasteiger charge is 2.15. The molecule has 0 spiro atoms. The van der Waals surface area contributed by atoms with Gasteiger partial charge in [-0.25, -0.2) is 4.79 Å². The van der Waals surface area contributed by atoms with Crippen molar-refractivity contribution < 1.29 is 19.1 Å². The summed E-state index contributed by atoms with van der Waals surface area (Å²) in [5, 5.41) is 12.0. The number of carbonyl (C=O) groups is 2. The number of imide groups is 1. The molecular weight excluding hydrogens is 485 g/mol. The van der Waals surface area contributed by atoms with Gasteiger partial charge < -0.3 is 15.2 Å². The van der Waals surface area contributed by atoms with Crippen LogP contribution in [0.2, 0.25) is 10.0 Å². The molecule has 0 atom stereocenters. The Morgan fingerprint density at radius 2 is 2.00 bits per heavy atom. The number of hydrogen-bond acceptors (Lipinski definition) is 5. The smallest absolute Gasteiger partial charge is 0.319 e. The van der Waals surface area contributed by atoms with E-state index >= 15 is 0 Å². The van der Waals surface area contributed by atoms with Gasteiger partial charge in [0.05, 0.1) is 7.11 Å². The first-order chi connectivity index (χ1) is 13.7. The molecule has 0 bridgehead atoms. The van der Waals surface area contributed by atoms with Crippen molar-refractivity contribution in [3.05, 3.63) is 61.5 Å². The van der Waals surface area contributed by atoms with Crippen molar-refractivity contribution in [2.24, 2.45) is 5.73 Å². The van der Waals surface area contributed by atoms with Crippen LogP contribution in [0.15, 0.2) is 40.4 Å². The van der Waals surface area contributed by atoms with Crippen molar-refractivity contribution in [3.8, 4) is 17.6 Å².